The Hall–Kier alpha value is -0.530. The van der Waals surface area contributed by atoms with Crippen molar-refractivity contribution in [2.24, 2.45) is 0 Å². The van der Waals surface area contributed by atoms with Crippen LogP contribution < -0.4 is 0 Å². The zero-order chi connectivity index (χ0) is 15.3. The van der Waals surface area contributed by atoms with Crippen molar-refractivity contribution in [1.82, 2.24) is 0 Å². The molecule has 164 valence electrons. The zero-order valence-corrected chi connectivity index (χ0v) is 13.2. The number of carbonyl (C=O) groups excluding carboxylic acids is 1. The molecule has 4 atom stereocenters. The van der Waals surface area contributed by atoms with Crippen LogP contribution in [0.5, 0.6) is 0 Å². The molecule has 1 fully saturated rings. The number of aliphatic hydroxyl groups excluding tert-OH is 2. The van der Waals surface area contributed by atoms with Crippen LogP contribution in [0.4, 0.5) is 0 Å². The lowest BCUT2D eigenvalue weighted by atomic mass is 10.1. The van der Waals surface area contributed by atoms with Gasteiger partial charge in [0.25, 0.3) is 0 Å². The first kappa shape index (κ1) is 49.7. The van der Waals surface area contributed by atoms with Crippen molar-refractivity contribution < 1.29 is 31.4 Å². The molecule has 0 aromatic heterocycles. The third kappa shape index (κ3) is 35.4. The zero-order valence-electron chi connectivity index (χ0n) is 14.2. The third-order valence-corrected chi connectivity index (χ3v) is 2.79. The monoisotopic (exact) mass is 377 g/mol. The largest absolute Gasteiger partial charge is 1.00 e. The molecular formula is C19H53O6+. The maximum Gasteiger partial charge on any atom is 1.00 e. The standard InChI is InChI=1S/C7H14O2.C6H14O2.CH2O.5CH4.H2O/c1-3-7-4-6(2)8-5-9-7;1-3-6(8)4-5(2)7;1-2;;;;;;/h6-7H,3-5H2,1-2H3;5-8H,3-4H2,1-2H3;1H2;5*1H4;1H2/p+1. The summed E-state index contributed by atoms with van der Waals surface area (Å²) in [5.41, 5.74) is 0. The second-order valence-electron chi connectivity index (χ2n) is 4.67. The second-order valence-corrected chi connectivity index (χ2v) is 4.67. The Morgan fingerprint density at radius 3 is 1.72 bits per heavy atom. The highest BCUT2D eigenvalue weighted by molar-refractivity contribution is 5.10. The van der Waals surface area contributed by atoms with Crippen LogP contribution in [0.1, 0.15) is 91.9 Å². The molecule has 6 heteroatoms. The van der Waals surface area contributed by atoms with Crippen LogP contribution in [0.2, 0.25) is 0 Å². The maximum atomic E-state index is 8.87. The van der Waals surface area contributed by atoms with E-state index < -0.39 is 0 Å². The van der Waals surface area contributed by atoms with Crippen molar-refractivity contribution in [2.75, 3.05) is 6.79 Å². The van der Waals surface area contributed by atoms with Gasteiger partial charge in [0.15, 0.2) is 0 Å². The minimum Gasteiger partial charge on any atom is -0.412 e. The van der Waals surface area contributed by atoms with Gasteiger partial charge in [0.1, 0.15) is 13.6 Å². The van der Waals surface area contributed by atoms with E-state index in [0.717, 1.165) is 19.3 Å². The molecule has 25 heavy (non-hydrogen) atoms. The Kier molecular flexibility index (Phi) is 69.0. The van der Waals surface area contributed by atoms with E-state index in [9.17, 15) is 0 Å². The van der Waals surface area contributed by atoms with E-state index in [1.54, 1.807) is 6.92 Å². The molecule has 0 aromatic carbocycles. The summed E-state index contributed by atoms with van der Waals surface area (Å²) in [6, 6.07) is 0. The molecular weight excluding hydrogens is 324 g/mol. The van der Waals surface area contributed by atoms with Gasteiger partial charge in [0.2, 0.25) is 0 Å². The van der Waals surface area contributed by atoms with Gasteiger partial charge in [-0.15, -0.1) is 0 Å². The summed E-state index contributed by atoms with van der Waals surface area (Å²) in [4.78, 5) is 8.00. The first-order valence-electron chi connectivity index (χ1n) is 6.87. The highest BCUT2D eigenvalue weighted by atomic mass is 16.7. The summed E-state index contributed by atoms with van der Waals surface area (Å²) in [6.07, 6.45) is 3.52. The fraction of sp³-hybridized carbons (Fsp3) is 0.947. The Balaban J connectivity index is -0.0000000233. The van der Waals surface area contributed by atoms with E-state index in [-0.39, 0.29) is 56.2 Å². The summed E-state index contributed by atoms with van der Waals surface area (Å²) in [5, 5.41) is 17.6. The molecule has 0 spiro atoms. The second kappa shape index (κ2) is 34.7. The lowest BCUT2D eigenvalue weighted by Gasteiger charge is -2.26. The van der Waals surface area contributed by atoms with Crippen LogP contribution in [0, 0.1) is 0 Å². The molecule has 1 aliphatic heterocycles. The number of carbonyl (C=O) groups is 1. The van der Waals surface area contributed by atoms with Gasteiger partial charge in [0, 0.05) is 0 Å². The minimum atomic E-state index is -0.370. The van der Waals surface area contributed by atoms with Crippen molar-refractivity contribution in [3.63, 3.8) is 0 Å². The Morgan fingerprint density at radius 1 is 1.08 bits per heavy atom. The molecule has 6 nitrogen and oxygen atoms in total. The van der Waals surface area contributed by atoms with Crippen molar-refractivity contribution in [3.8, 4) is 0 Å². The van der Waals surface area contributed by atoms with Crippen LogP contribution in [-0.2, 0) is 14.3 Å². The summed E-state index contributed by atoms with van der Waals surface area (Å²) < 4.78 is 10.5. The summed E-state index contributed by atoms with van der Waals surface area (Å²) in [6.45, 7) is 10.3. The smallest absolute Gasteiger partial charge is 0.412 e. The molecule has 0 aromatic rings. The number of ether oxygens (including phenoxy) is 2. The van der Waals surface area contributed by atoms with Crippen molar-refractivity contribution in [2.45, 2.75) is 115 Å². The van der Waals surface area contributed by atoms with E-state index in [4.69, 9.17) is 24.5 Å². The molecule has 0 amide bonds. The Morgan fingerprint density at radius 2 is 1.52 bits per heavy atom. The number of rotatable bonds is 4. The van der Waals surface area contributed by atoms with E-state index in [1.807, 2.05) is 13.7 Å². The number of hydrogen-bond donors (Lipinski definition) is 2. The normalized spacial score (nSPS) is 19.1. The van der Waals surface area contributed by atoms with Crippen LogP contribution in [0.25, 0.3) is 0 Å². The maximum absolute atomic E-state index is 8.87. The molecule has 0 aliphatic carbocycles. The molecule has 4 N–H and O–H groups in total. The van der Waals surface area contributed by atoms with Crippen LogP contribution in [0.15, 0.2) is 0 Å². The molecule has 1 aliphatic rings. The van der Waals surface area contributed by atoms with E-state index in [0.29, 0.717) is 25.4 Å². The Labute approximate surface area is 160 Å². The van der Waals surface area contributed by atoms with Crippen LogP contribution >= 0.6 is 0 Å². The molecule has 0 radical (unpaired) electrons. The van der Waals surface area contributed by atoms with Crippen LogP contribution in [-0.4, -0.2) is 53.7 Å². The summed E-state index contributed by atoms with van der Waals surface area (Å²) in [7, 11) is 0. The van der Waals surface area contributed by atoms with Gasteiger partial charge in [-0.2, -0.15) is 0 Å². The number of hydrogen-bond acceptors (Lipinski definition) is 5. The molecule has 0 saturated carbocycles. The molecule has 1 rings (SSSR count). The van der Waals surface area contributed by atoms with E-state index in [2.05, 4.69) is 13.8 Å². The first-order valence-corrected chi connectivity index (χ1v) is 6.87. The molecule has 0 bridgehead atoms. The van der Waals surface area contributed by atoms with Gasteiger partial charge in [0.05, 0.1) is 24.4 Å². The SMILES string of the molecule is C.C.C.C.C.C=O.CCC(O)CC(C)O.CCC1CC(C)OCO1.O.[H+]. The van der Waals surface area contributed by atoms with E-state index in [1.165, 1.54) is 0 Å². The van der Waals surface area contributed by atoms with Gasteiger partial charge in [-0.3, -0.25) is 0 Å². The quantitative estimate of drug-likeness (QED) is 0.756. The number of aliphatic hydroxyl groups is 2. The van der Waals surface area contributed by atoms with Gasteiger partial charge in [-0.25, -0.2) is 0 Å². The first-order chi connectivity index (χ1) is 8.99. The Bertz CT molecular complexity index is 197. The molecule has 1 heterocycles. The fourth-order valence-electron chi connectivity index (χ4n) is 1.60. The highest BCUT2D eigenvalue weighted by Crippen LogP contribution is 2.14. The fourth-order valence-corrected chi connectivity index (χ4v) is 1.60. The summed E-state index contributed by atoms with van der Waals surface area (Å²) in [5.74, 6) is 0. The average molecular weight is 378 g/mol. The van der Waals surface area contributed by atoms with Crippen molar-refractivity contribution in [3.05, 3.63) is 0 Å². The van der Waals surface area contributed by atoms with Crippen molar-refractivity contribution in [1.29, 1.82) is 0 Å². The predicted octanol–water partition coefficient (Wildman–Crippen LogP) is 4.36. The predicted molar refractivity (Wildman–Crippen MR) is 113 cm³/mol. The summed E-state index contributed by atoms with van der Waals surface area (Å²) >= 11 is 0. The van der Waals surface area contributed by atoms with Gasteiger partial charge in [-0.1, -0.05) is 51.0 Å². The molecule has 4 unspecified atom stereocenters. The van der Waals surface area contributed by atoms with Gasteiger partial charge < -0.3 is 30.0 Å². The lowest BCUT2D eigenvalue weighted by Crippen LogP contribution is -2.28. The minimum absolute atomic E-state index is 0. The van der Waals surface area contributed by atoms with Crippen molar-refractivity contribution >= 4 is 6.79 Å². The van der Waals surface area contributed by atoms with E-state index >= 15 is 0 Å². The lowest BCUT2D eigenvalue weighted by molar-refractivity contribution is -0.170. The topological polar surface area (TPSA) is 107 Å². The molecule has 1 saturated heterocycles. The average Bonchev–Trinajstić information content (AvgIpc) is 2.41. The highest BCUT2D eigenvalue weighted by Gasteiger charge is 2.17. The van der Waals surface area contributed by atoms with Gasteiger partial charge >= 0.3 is 1.43 Å². The van der Waals surface area contributed by atoms with Gasteiger partial charge in [-0.05, 0) is 39.5 Å². The van der Waals surface area contributed by atoms with Crippen LogP contribution in [0.3, 0.4) is 0 Å². The third-order valence-electron chi connectivity index (χ3n) is 2.79.